The molecular formula is C12H25ClN2O3. The van der Waals surface area contributed by atoms with Crippen LogP contribution in [0.25, 0.3) is 0 Å². The molecule has 108 valence electrons. The minimum atomic E-state index is -0.980. The molecule has 0 aliphatic carbocycles. The molecule has 3 N–H and O–H groups in total. The van der Waals surface area contributed by atoms with Gasteiger partial charge in [0.1, 0.15) is 5.54 Å². The largest absolute Gasteiger partial charge is 0.467 e. The molecule has 6 heteroatoms. The Morgan fingerprint density at radius 1 is 1.33 bits per heavy atom. The summed E-state index contributed by atoms with van der Waals surface area (Å²) in [6.45, 7) is 5.57. The van der Waals surface area contributed by atoms with Crippen molar-refractivity contribution >= 4 is 24.3 Å². The molecule has 0 rings (SSSR count). The Morgan fingerprint density at radius 2 is 1.89 bits per heavy atom. The number of carbonyl (C=O) groups is 2. The summed E-state index contributed by atoms with van der Waals surface area (Å²) in [5, 5.41) is 2.69. The number of esters is 1. The van der Waals surface area contributed by atoms with E-state index in [-0.39, 0.29) is 18.3 Å². The van der Waals surface area contributed by atoms with Crippen LogP contribution < -0.4 is 11.1 Å². The van der Waals surface area contributed by atoms with Gasteiger partial charge in [0.15, 0.2) is 0 Å². The van der Waals surface area contributed by atoms with Crippen LogP contribution >= 0.6 is 12.4 Å². The van der Waals surface area contributed by atoms with E-state index in [1.807, 2.05) is 13.8 Å². The second-order valence-electron chi connectivity index (χ2n) is 4.46. The summed E-state index contributed by atoms with van der Waals surface area (Å²) in [5.41, 5.74) is 4.73. The van der Waals surface area contributed by atoms with E-state index in [0.717, 1.165) is 12.8 Å². The standard InChI is InChI=1S/C12H24N2O3.ClH/c1-5-7-9(13)10(15)14-12(3,8-6-2)11(16)17-4;/h9H,5-8,13H2,1-4H3,(H,14,15);1H. The van der Waals surface area contributed by atoms with Gasteiger partial charge in [-0.15, -0.1) is 12.4 Å². The number of nitrogens with one attached hydrogen (secondary N) is 1. The minimum absolute atomic E-state index is 0. The van der Waals surface area contributed by atoms with Gasteiger partial charge in [0.05, 0.1) is 13.2 Å². The van der Waals surface area contributed by atoms with E-state index in [4.69, 9.17) is 10.5 Å². The molecule has 2 atom stereocenters. The van der Waals surface area contributed by atoms with Gasteiger partial charge in [-0.05, 0) is 19.8 Å². The molecule has 0 aromatic rings. The van der Waals surface area contributed by atoms with Crippen LogP contribution in [0.5, 0.6) is 0 Å². The zero-order chi connectivity index (χ0) is 13.5. The molecule has 1 amide bonds. The molecule has 0 aromatic heterocycles. The Hall–Kier alpha value is -0.810. The molecule has 2 unspecified atom stereocenters. The van der Waals surface area contributed by atoms with E-state index in [1.54, 1.807) is 6.92 Å². The number of nitrogens with two attached hydrogens (primary N) is 1. The predicted octanol–water partition coefficient (Wildman–Crippen LogP) is 1.38. The predicted molar refractivity (Wildman–Crippen MR) is 73.6 cm³/mol. The SMILES string of the molecule is CCCC(N)C(=O)NC(C)(CCC)C(=O)OC.Cl. The van der Waals surface area contributed by atoms with Gasteiger partial charge in [-0.2, -0.15) is 0 Å². The summed E-state index contributed by atoms with van der Waals surface area (Å²) in [6.07, 6.45) is 2.74. The average molecular weight is 281 g/mol. The Labute approximate surface area is 115 Å². The third-order valence-corrected chi connectivity index (χ3v) is 2.72. The normalized spacial score (nSPS) is 14.9. The highest BCUT2D eigenvalue weighted by molar-refractivity contribution is 5.89. The fourth-order valence-corrected chi connectivity index (χ4v) is 1.75. The van der Waals surface area contributed by atoms with Crippen molar-refractivity contribution in [3.63, 3.8) is 0 Å². The summed E-state index contributed by atoms with van der Waals surface area (Å²) < 4.78 is 4.71. The maximum atomic E-state index is 11.8. The van der Waals surface area contributed by atoms with Gasteiger partial charge in [0.25, 0.3) is 0 Å². The highest BCUT2D eigenvalue weighted by atomic mass is 35.5. The zero-order valence-corrected chi connectivity index (χ0v) is 12.4. The molecule has 5 nitrogen and oxygen atoms in total. The zero-order valence-electron chi connectivity index (χ0n) is 11.6. The van der Waals surface area contributed by atoms with Crippen LogP contribution in [0, 0.1) is 0 Å². The van der Waals surface area contributed by atoms with Gasteiger partial charge in [-0.1, -0.05) is 26.7 Å². The van der Waals surface area contributed by atoms with Gasteiger partial charge >= 0.3 is 5.97 Å². The molecule has 0 saturated heterocycles. The quantitative estimate of drug-likeness (QED) is 0.691. The second kappa shape index (κ2) is 9.16. The van der Waals surface area contributed by atoms with Crippen LogP contribution in [0.4, 0.5) is 0 Å². The van der Waals surface area contributed by atoms with Crippen molar-refractivity contribution in [2.24, 2.45) is 5.73 Å². The van der Waals surface area contributed by atoms with E-state index in [0.29, 0.717) is 12.8 Å². The van der Waals surface area contributed by atoms with Crippen molar-refractivity contribution in [1.82, 2.24) is 5.32 Å². The molecule has 18 heavy (non-hydrogen) atoms. The first-order chi connectivity index (χ1) is 7.91. The van der Waals surface area contributed by atoms with Gasteiger partial charge < -0.3 is 15.8 Å². The van der Waals surface area contributed by atoms with E-state index >= 15 is 0 Å². The minimum Gasteiger partial charge on any atom is -0.467 e. The van der Waals surface area contributed by atoms with Crippen LogP contribution in [0.2, 0.25) is 0 Å². The van der Waals surface area contributed by atoms with Crippen LogP contribution in [-0.4, -0.2) is 30.6 Å². The number of amides is 1. The van der Waals surface area contributed by atoms with Crippen LogP contribution in [0.3, 0.4) is 0 Å². The average Bonchev–Trinajstić information content (AvgIpc) is 2.28. The fraction of sp³-hybridized carbons (Fsp3) is 0.833. The molecular weight excluding hydrogens is 256 g/mol. The maximum Gasteiger partial charge on any atom is 0.331 e. The smallest absolute Gasteiger partial charge is 0.331 e. The van der Waals surface area contributed by atoms with Crippen molar-refractivity contribution in [1.29, 1.82) is 0 Å². The molecule has 0 fully saturated rings. The number of halogens is 1. The molecule has 0 aliphatic rings. The lowest BCUT2D eigenvalue weighted by molar-refractivity contribution is -0.150. The van der Waals surface area contributed by atoms with E-state index in [9.17, 15) is 9.59 Å². The van der Waals surface area contributed by atoms with Crippen LogP contribution in [0.1, 0.15) is 46.5 Å². The lowest BCUT2D eigenvalue weighted by Gasteiger charge is -2.28. The number of hydrogen-bond donors (Lipinski definition) is 2. The topological polar surface area (TPSA) is 81.4 Å². The molecule has 0 spiro atoms. The van der Waals surface area contributed by atoms with Crippen molar-refractivity contribution in [2.75, 3.05) is 7.11 Å². The van der Waals surface area contributed by atoms with Crippen LogP contribution in [0.15, 0.2) is 0 Å². The Kier molecular flexibility index (Phi) is 9.94. The van der Waals surface area contributed by atoms with E-state index < -0.39 is 17.6 Å². The summed E-state index contributed by atoms with van der Waals surface area (Å²) in [4.78, 5) is 23.5. The van der Waals surface area contributed by atoms with Crippen molar-refractivity contribution < 1.29 is 14.3 Å². The molecule has 0 radical (unpaired) electrons. The van der Waals surface area contributed by atoms with E-state index in [2.05, 4.69) is 5.32 Å². The van der Waals surface area contributed by atoms with Crippen molar-refractivity contribution in [3.05, 3.63) is 0 Å². The monoisotopic (exact) mass is 280 g/mol. The number of ether oxygens (including phenoxy) is 1. The lowest BCUT2D eigenvalue weighted by atomic mass is 9.95. The first-order valence-corrected chi connectivity index (χ1v) is 6.07. The number of rotatable bonds is 7. The van der Waals surface area contributed by atoms with Gasteiger partial charge in [-0.3, -0.25) is 4.79 Å². The summed E-state index contributed by atoms with van der Waals surface area (Å²) in [5.74, 6) is -0.732. The first-order valence-electron chi connectivity index (χ1n) is 6.07. The Morgan fingerprint density at radius 3 is 2.28 bits per heavy atom. The van der Waals surface area contributed by atoms with Gasteiger partial charge in [0.2, 0.25) is 5.91 Å². The number of carbonyl (C=O) groups excluding carboxylic acids is 2. The Bertz CT molecular complexity index is 274. The van der Waals surface area contributed by atoms with Gasteiger partial charge in [0, 0.05) is 0 Å². The molecule has 0 bridgehead atoms. The highest BCUT2D eigenvalue weighted by Crippen LogP contribution is 2.14. The third-order valence-electron chi connectivity index (χ3n) is 2.72. The van der Waals surface area contributed by atoms with Crippen molar-refractivity contribution in [2.45, 2.75) is 58.0 Å². The Balaban J connectivity index is 0. The van der Waals surface area contributed by atoms with Crippen molar-refractivity contribution in [3.8, 4) is 0 Å². The summed E-state index contributed by atoms with van der Waals surface area (Å²) in [6, 6.07) is -0.569. The summed E-state index contributed by atoms with van der Waals surface area (Å²) in [7, 11) is 1.31. The van der Waals surface area contributed by atoms with Gasteiger partial charge in [-0.25, -0.2) is 4.79 Å². The molecule has 0 saturated carbocycles. The third kappa shape index (κ3) is 5.69. The summed E-state index contributed by atoms with van der Waals surface area (Å²) >= 11 is 0. The molecule has 0 heterocycles. The maximum absolute atomic E-state index is 11.8. The number of hydrogen-bond acceptors (Lipinski definition) is 4. The highest BCUT2D eigenvalue weighted by Gasteiger charge is 2.36. The van der Waals surface area contributed by atoms with E-state index in [1.165, 1.54) is 7.11 Å². The number of methoxy groups -OCH3 is 1. The first kappa shape index (κ1) is 19.5. The lowest BCUT2D eigenvalue weighted by Crippen LogP contribution is -2.56. The van der Waals surface area contributed by atoms with Crippen LogP contribution in [-0.2, 0) is 14.3 Å². The molecule has 0 aliphatic heterocycles. The molecule has 0 aromatic carbocycles. The second-order valence-corrected chi connectivity index (χ2v) is 4.46. The fourth-order valence-electron chi connectivity index (χ4n) is 1.75.